The molecule has 1 heterocycles. The highest BCUT2D eigenvalue weighted by atomic mass is 35.5. The lowest BCUT2D eigenvalue weighted by atomic mass is 9.99. The number of hydrogen-bond donors (Lipinski definition) is 1. The van der Waals surface area contributed by atoms with E-state index in [1.54, 1.807) is 31.4 Å². The molecule has 27 heavy (non-hydrogen) atoms. The quantitative estimate of drug-likeness (QED) is 0.633. The van der Waals surface area contributed by atoms with Crippen molar-refractivity contribution in [1.29, 1.82) is 0 Å². The maximum absolute atomic E-state index is 13.3. The lowest BCUT2D eigenvalue weighted by Gasteiger charge is -2.37. The van der Waals surface area contributed by atoms with E-state index in [0.717, 1.165) is 25.7 Å². The van der Waals surface area contributed by atoms with Gasteiger partial charge in [-0.15, -0.1) is 0 Å². The molecule has 3 rings (SSSR count). The van der Waals surface area contributed by atoms with E-state index in [1.807, 2.05) is 6.92 Å². The van der Waals surface area contributed by atoms with Crippen molar-refractivity contribution in [3.8, 4) is 0 Å². The summed E-state index contributed by atoms with van der Waals surface area (Å²) < 4.78 is 1.52. The van der Waals surface area contributed by atoms with Gasteiger partial charge in [0.2, 0.25) is 0 Å². The van der Waals surface area contributed by atoms with Crippen molar-refractivity contribution in [2.45, 2.75) is 57.2 Å². The van der Waals surface area contributed by atoms with Crippen molar-refractivity contribution >= 4 is 28.3 Å². The van der Waals surface area contributed by atoms with E-state index in [9.17, 15) is 14.7 Å². The Morgan fingerprint density at radius 1 is 1.22 bits per heavy atom. The van der Waals surface area contributed by atoms with Gasteiger partial charge in [0.05, 0.1) is 10.6 Å². The Hall–Kier alpha value is -1.85. The average molecular weight is 390 g/mol. The molecule has 1 aliphatic rings. The van der Waals surface area contributed by atoms with E-state index in [4.69, 9.17) is 11.6 Å². The first-order valence-corrected chi connectivity index (χ1v) is 9.81. The predicted molar refractivity (Wildman–Crippen MR) is 108 cm³/mol. The van der Waals surface area contributed by atoms with Gasteiger partial charge in [0.15, 0.2) is 0 Å². The van der Waals surface area contributed by atoms with Crippen LogP contribution in [-0.2, 0) is 0 Å². The zero-order valence-corrected chi connectivity index (χ0v) is 16.6. The molecule has 0 bridgehead atoms. The van der Waals surface area contributed by atoms with Crippen molar-refractivity contribution < 1.29 is 9.90 Å². The van der Waals surface area contributed by atoms with Crippen molar-refractivity contribution in [2.24, 2.45) is 0 Å². The van der Waals surface area contributed by atoms with Crippen molar-refractivity contribution in [3.05, 3.63) is 52.3 Å². The van der Waals surface area contributed by atoms with Crippen LogP contribution >= 0.6 is 11.6 Å². The van der Waals surface area contributed by atoms with Gasteiger partial charge in [-0.3, -0.25) is 9.59 Å². The Labute approximate surface area is 164 Å². The molecular formula is C21H26ClN2O3. The van der Waals surface area contributed by atoms with Gasteiger partial charge in [-0.2, -0.15) is 0 Å². The van der Waals surface area contributed by atoms with E-state index in [2.05, 4.69) is 6.92 Å². The zero-order valence-electron chi connectivity index (χ0n) is 15.9. The maximum atomic E-state index is 13.3. The highest BCUT2D eigenvalue weighted by molar-refractivity contribution is 6.35. The third kappa shape index (κ3) is 3.63. The summed E-state index contributed by atoms with van der Waals surface area (Å²) in [4.78, 5) is 27.4. The number of nitrogens with zero attached hydrogens (tertiary/aromatic N) is 2. The summed E-state index contributed by atoms with van der Waals surface area (Å²) >= 11 is 6.36. The van der Waals surface area contributed by atoms with Gasteiger partial charge in [0, 0.05) is 30.1 Å². The number of amides is 1. The van der Waals surface area contributed by atoms with Crippen LogP contribution in [0.1, 0.15) is 61.8 Å². The molecule has 5 nitrogen and oxygen atoms in total. The summed E-state index contributed by atoms with van der Waals surface area (Å²) in [6.07, 6.45) is 6.60. The topological polar surface area (TPSA) is 62.5 Å². The van der Waals surface area contributed by atoms with Gasteiger partial charge in [-0.25, -0.2) is 0 Å². The number of carbonyl (C=O) groups excluding carboxylic acids is 1. The van der Waals surface area contributed by atoms with Crippen LogP contribution in [0.15, 0.2) is 29.2 Å². The van der Waals surface area contributed by atoms with Crippen LogP contribution in [0.2, 0.25) is 5.02 Å². The van der Waals surface area contributed by atoms with Crippen LogP contribution < -0.4 is 5.56 Å². The molecule has 1 atom stereocenters. The number of hydrogen-bond acceptors (Lipinski definition) is 3. The molecule has 0 unspecified atom stereocenters. The second-order valence-corrected chi connectivity index (χ2v) is 7.93. The Bertz CT molecular complexity index is 912. The van der Waals surface area contributed by atoms with E-state index in [1.165, 1.54) is 9.47 Å². The van der Waals surface area contributed by atoms with Crippen LogP contribution in [0.4, 0.5) is 0 Å². The molecule has 2 aromatic rings. The Kier molecular flexibility index (Phi) is 5.63. The molecule has 1 fully saturated rings. The summed E-state index contributed by atoms with van der Waals surface area (Å²) in [7, 11) is 1.61. The molecule has 1 N–H and O–H groups in total. The first kappa shape index (κ1) is 19.9. The van der Waals surface area contributed by atoms with Gasteiger partial charge in [-0.05, 0) is 57.7 Å². The number of aromatic nitrogens is 1. The second kappa shape index (κ2) is 7.64. The van der Waals surface area contributed by atoms with Gasteiger partial charge < -0.3 is 14.6 Å². The molecule has 0 saturated heterocycles. The van der Waals surface area contributed by atoms with Gasteiger partial charge >= 0.3 is 0 Å². The smallest absolute Gasteiger partial charge is 0.258 e. The number of aliphatic hydroxyl groups is 1. The summed E-state index contributed by atoms with van der Waals surface area (Å²) in [6.45, 7) is 5.71. The number of rotatable bonds is 3. The molecule has 1 aromatic carbocycles. The van der Waals surface area contributed by atoms with Gasteiger partial charge in [0.25, 0.3) is 11.5 Å². The average Bonchev–Trinajstić information content (AvgIpc) is 2.86. The molecule has 145 valence electrons. The summed E-state index contributed by atoms with van der Waals surface area (Å²) in [5.41, 5.74) is -1.14. The van der Waals surface area contributed by atoms with Crippen LogP contribution in [-0.4, -0.2) is 33.3 Å². The Morgan fingerprint density at radius 2 is 1.85 bits per heavy atom. The summed E-state index contributed by atoms with van der Waals surface area (Å²) in [6, 6.07) is 4.70. The molecule has 1 radical (unpaired) electrons. The third-order valence-electron chi connectivity index (χ3n) is 5.58. The fraction of sp³-hybridized carbons (Fsp3) is 0.476. The van der Waals surface area contributed by atoms with Crippen molar-refractivity contribution in [1.82, 2.24) is 9.47 Å². The van der Waals surface area contributed by atoms with E-state index >= 15 is 0 Å². The van der Waals surface area contributed by atoms with Crippen LogP contribution in [0.3, 0.4) is 0 Å². The molecule has 1 amide bonds. The molecular weight excluding hydrogens is 364 g/mol. The van der Waals surface area contributed by atoms with E-state index in [-0.39, 0.29) is 28.1 Å². The molecule has 1 aromatic heterocycles. The van der Waals surface area contributed by atoms with E-state index in [0.29, 0.717) is 23.6 Å². The largest absolute Gasteiger partial charge is 0.371 e. The minimum absolute atomic E-state index is 0.212. The van der Waals surface area contributed by atoms with Crippen LogP contribution in [0, 0.1) is 6.92 Å². The minimum atomic E-state index is -1.18. The maximum Gasteiger partial charge on any atom is 0.258 e. The Balaban J connectivity index is 2.10. The lowest BCUT2D eigenvalue weighted by molar-refractivity contribution is -0.0860. The third-order valence-corrected chi connectivity index (χ3v) is 5.90. The standard InChI is InChI=1S/C21H26ClN2O3/c1-14(2)24-13-10-15-16(19(24)25)8-9-17(22)18(15)20(26)23(3)21(27)11-6-4-5-7-12-21/h8-10,13-14,27H,1,4-7,11-12H2,2-3H3/t14-/m1/s1. The molecule has 6 heteroatoms. The lowest BCUT2D eigenvalue weighted by Crippen LogP contribution is -2.49. The number of pyridine rings is 1. The highest BCUT2D eigenvalue weighted by Gasteiger charge is 2.36. The monoisotopic (exact) mass is 389 g/mol. The van der Waals surface area contributed by atoms with Crippen molar-refractivity contribution in [3.63, 3.8) is 0 Å². The number of carbonyl (C=O) groups is 1. The van der Waals surface area contributed by atoms with Crippen LogP contribution in [0.5, 0.6) is 0 Å². The number of fused-ring (bicyclic) bond motifs is 1. The first-order valence-electron chi connectivity index (χ1n) is 9.43. The van der Waals surface area contributed by atoms with Crippen molar-refractivity contribution in [2.75, 3.05) is 7.05 Å². The minimum Gasteiger partial charge on any atom is -0.371 e. The highest BCUT2D eigenvalue weighted by Crippen LogP contribution is 2.33. The zero-order chi connectivity index (χ0) is 19.8. The van der Waals surface area contributed by atoms with Gasteiger partial charge in [0.1, 0.15) is 5.72 Å². The molecule has 1 saturated carbocycles. The summed E-state index contributed by atoms with van der Waals surface area (Å²) in [5, 5.41) is 12.3. The van der Waals surface area contributed by atoms with Crippen LogP contribution in [0.25, 0.3) is 10.8 Å². The fourth-order valence-electron chi connectivity index (χ4n) is 3.87. The number of halogens is 1. The number of benzene rings is 1. The Morgan fingerprint density at radius 3 is 2.44 bits per heavy atom. The first-order chi connectivity index (χ1) is 12.8. The van der Waals surface area contributed by atoms with E-state index < -0.39 is 5.72 Å². The normalized spacial score (nSPS) is 17.1. The molecule has 1 aliphatic carbocycles. The fourth-order valence-corrected chi connectivity index (χ4v) is 4.11. The molecule has 0 spiro atoms. The predicted octanol–water partition coefficient (Wildman–Crippen LogP) is 4.16. The van der Waals surface area contributed by atoms with Gasteiger partial charge in [-0.1, -0.05) is 24.4 Å². The molecule has 0 aliphatic heterocycles. The summed E-state index contributed by atoms with van der Waals surface area (Å²) in [5.74, 6) is -0.366. The second-order valence-electron chi connectivity index (χ2n) is 7.52. The SMILES string of the molecule is [CH2][C@H](C)n1ccc2c(C(=O)N(C)C3(O)CCCCCC3)c(Cl)ccc2c1=O.